The zero-order chi connectivity index (χ0) is 29.1. The van der Waals surface area contributed by atoms with E-state index in [9.17, 15) is 14.7 Å². The number of carbonyl (C=O) groups excluding carboxylic acids is 1. The average molecular weight is 576 g/mol. The maximum absolute atomic E-state index is 12.4. The van der Waals surface area contributed by atoms with Gasteiger partial charge in [-0.2, -0.15) is 8.75 Å². The van der Waals surface area contributed by atoms with E-state index in [0.717, 1.165) is 41.2 Å². The molecule has 3 aromatic carbocycles. The Morgan fingerprint density at radius 2 is 1.78 bits per heavy atom. The van der Waals surface area contributed by atoms with Crippen LogP contribution in [0.25, 0.3) is 33.1 Å². The van der Waals surface area contributed by atoms with E-state index in [-0.39, 0.29) is 12.4 Å². The quantitative estimate of drug-likeness (QED) is 0.190. The van der Waals surface area contributed by atoms with Gasteiger partial charge in [0, 0.05) is 17.6 Å². The number of aromatic nitrogens is 3. The van der Waals surface area contributed by atoms with E-state index in [1.165, 1.54) is 19.1 Å². The maximum atomic E-state index is 12.4. The van der Waals surface area contributed by atoms with Crippen LogP contribution < -0.4 is 24.8 Å². The summed E-state index contributed by atoms with van der Waals surface area (Å²) in [6.45, 7) is 2.77. The molecule has 3 N–H and O–H groups in total. The summed E-state index contributed by atoms with van der Waals surface area (Å²) in [4.78, 5) is 25.9. The highest BCUT2D eigenvalue weighted by Crippen LogP contribution is 2.44. The summed E-state index contributed by atoms with van der Waals surface area (Å²) in [6, 6.07) is 15.9. The molecule has 0 radical (unpaired) electrons. The molecule has 0 bridgehead atoms. The van der Waals surface area contributed by atoms with Crippen molar-refractivity contribution >= 4 is 51.5 Å². The van der Waals surface area contributed by atoms with Crippen molar-refractivity contribution in [1.29, 1.82) is 0 Å². The minimum Gasteiger partial charge on any atom is -0.493 e. The van der Waals surface area contributed by atoms with Crippen molar-refractivity contribution in [3.8, 4) is 28.5 Å². The lowest BCUT2D eigenvalue weighted by Crippen LogP contribution is -2.36. The van der Waals surface area contributed by atoms with E-state index in [4.69, 9.17) is 19.9 Å². The second-order valence-electron chi connectivity index (χ2n) is 9.34. The Bertz CT molecular complexity index is 1750. The number of nitrogens with zero attached hydrogens (tertiary/aromatic N) is 4. The normalized spacial score (nSPS) is 11.1. The van der Waals surface area contributed by atoms with Crippen LogP contribution in [-0.2, 0) is 6.54 Å². The lowest BCUT2D eigenvalue weighted by atomic mass is 10.0. The number of hydrogen-bond acceptors (Lipinski definition) is 8. The zero-order valence-electron chi connectivity index (χ0n) is 22.8. The van der Waals surface area contributed by atoms with E-state index in [2.05, 4.69) is 8.75 Å². The summed E-state index contributed by atoms with van der Waals surface area (Å²) >= 11 is 1.13. The van der Waals surface area contributed by atoms with Gasteiger partial charge in [-0.3, -0.25) is 4.90 Å². The predicted octanol–water partition coefficient (Wildman–Crippen LogP) is 6.12. The van der Waals surface area contributed by atoms with Crippen LogP contribution >= 0.6 is 11.7 Å². The Labute approximate surface area is 240 Å². The minimum atomic E-state index is -1.46. The molecule has 0 unspecified atom stereocenters. The van der Waals surface area contributed by atoms with Gasteiger partial charge in [-0.1, -0.05) is 25.5 Å². The van der Waals surface area contributed by atoms with Crippen molar-refractivity contribution < 1.29 is 28.9 Å². The first-order valence-corrected chi connectivity index (χ1v) is 13.6. The third-order valence-electron chi connectivity index (χ3n) is 6.83. The first-order chi connectivity index (χ1) is 19.8. The molecule has 11 nitrogen and oxygen atoms in total. The average Bonchev–Trinajstić information content (AvgIpc) is 3.54. The van der Waals surface area contributed by atoms with Crippen LogP contribution in [0.15, 0.2) is 54.6 Å². The number of anilines is 1. The van der Waals surface area contributed by atoms with Gasteiger partial charge in [0.2, 0.25) is 5.88 Å². The molecule has 0 atom stereocenters. The molecular weight excluding hydrogens is 546 g/mol. The second kappa shape index (κ2) is 11.7. The Morgan fingerprint density at radius 1 is 1.00 bits per heavy atom. The van der Waals surface area contributed by atoms with Crippen LogP contribution in [0.5, 0.6) is 17.4 Å². The number of hydrogen-bond donors (Lipinski definition) is 2. The molecule has 2 heterocycles. The molecule has 0 aliphatic heterocycles. The summed E-state index contributed by atoms with van der Waals surface area (Å²) in [7, 11) is 3.07. The van der Waals surface area contributed by atoms with Gasteiger partial charge in [-0.05, 0) is 60.0 Å². The number of fused-ring (bicyclic) bond motifs is 2. The van der Waals surface area contributed by atoms with Crippen LogP contribution in [0.2, 0.25) is 0 Å². The molecule has 0 aliphatic carbocycles. The number of amides is 2. The molecule has 5 aromatic rings. The second-order valence-corrected chi connectivity index (χ2v) is 9.86. The van der Waals surface area contributed by atoms with Crippen molar-refractivity contribution in [2.24, 2.45) is 5.73 Å². The van der Waals surface area contributed by atoms with Crippen molar-refractivity contribution in [2.45, 2.75) is 26.3 Å². The van der Waals surface area contributed by atoms with Gasteiger partial charge >= 0.3 is 12.2 Å². The molecule has 2 aromatic heterocycles. The Morgan fingerprint density at radius 3 is 2.49 bits per heavy atom. The maximum Gasteiger partial charge on any atom is 0.512 e. The van der Waals surface area contributed by atoms with Gasteiger partial charge in [0.1, 0.15) is 11.0 Å². The highest BCUT2D eigenvalue weighted by molar-refractivity contribution is 7.00. The fourth-order valence-electron chi connectivity index (χ4n) is 4.89. The number of unbranched alkanes of at least 4 members (excludes halogenated alkanes) is 1. The molecule has 0 saturated carbocycles. The van der Waals surface area contributed by atoms with Crippen LogP contribution in [0.4, 0.5) is 15.3 Å². The lowest BCUT2D eigenvalue weighted by molar-refractivity contribution is 0.141. The van der Waals surface area contributed by atoms with Crippen molar-refractivity contribution in [3.63, 3.8) is 0 Å². The molecule has 0 saturated heterocycles. The summed E-state index contributed by atoms with van der Waals surface area (Å²) in [5.41, 5.74) is 10.6. The number of methoxy groups -OCH3 is 2. The highest BCUT2D eigenvalue weighted by Gasteiger charge is 2.25. The van der Waals surface area contributed by atoms with Gasteiger partial charge < -0.3 is 29.6 Å². The number of rotatable bonds is 10. The Hall–Kier alpha value is -4.84. The monoisotopic (exact) mass is 575 g/mol. The van der Waals surface area contributed by atoms with E-state index in [1.54, 1.807) is 28.8 Å². The number of nitrogens with two attached hydrogens (primary N) is 1. The van der Waals surface area contributed by atoms with E-state index < -0.39 is 12.2 Å². The standard InChI is InChI=1S/C29H29N5O6S/c1-4-5-12-33(28(30)35)19-8-10-23-20(15-19)26(18-7-11-24(38-2)25(14-18)39-3)27(40-29(36)37)34(23)16-17-6-9-21-22(13-17)32-41-31-21/h6-11,13-15H,4-5,12,16H2,1-3H3,(H2,30,35)(H,36,37). The topological polar surface area (TPSA) is 142 Å². The fraction of sp³-hybridized carbons (Fsp3) is 0.241. The predicted molar refractivity (Wildman–Crippen MR) is 157 cm³/mol. The SMILES string of the molecule is CCCCN(C(N)=O)c1ccc2c(c1)c(-c1ccc(OC)c(OC)c1)c(OC(=O)O)n2Cc1ccc2nsnc2c1. The largest absolute Gasteiger partial charge is 0.512 e. The molecule has 12 heteroatoms. The van der Waals surface area contributed by atoms with Crippen molar-refractivity contribution in [1.82, 2.24) is 13.3 Å². The van der Waals surface area contributed by atoms with Gasteiger partial charge in [-0.25, -0.2) is 9.59 Å². The molecule has 5 rings (SSSR count). The first kappa shape index (κ1) is 27.7. The van der Waals surface area contributed by atoms with Gasteiger partial charge in [0.05, 0.1) is 43.6 Å². The molecule has 0 fully saturated rings. The molecular formula is C29H29N5O6S. The fourth-order valence-corrected chi connectivity index (χ4v) is 5.41. The number of benzene rings is 3. The van der Waals surface area contributed by atoms with E-state index in [0.29, 0.717) is 45.8 Å². The van der Waals surface area contributed by atoms with Crippen molar-refractivity contribution in [2.75, 3.05) is 25.7 Å². The zero-order valence-corrected chi connectivity index (χ0v) is 23.6. The Kier molecular flexibility index (Phi) is 7.92. The molecule has 41 heavy (non-hydrogen) atoms. The minimum absolute atomic E-state index is 0.118. The third-order valence-corrected chi connectivity index (χ3v) is 7.38. The summed E-state index contributed by atoms with van der Waals surface area (Å²) in [5.74, 6) is 1.10. The van der Waals surface area contributed by atoms with Gasteiger partial charge in [-0.15, -0.1) is 0 Å². The lowest BCUT2D eigenvalue weighted by Gasteiger charge is -2.20. The number of carbonyl (C=O) groups is 2. The Balaban J connectivity index is 1.77. The molecule has 212 valence electrons. The summed E-state index contributed by atoms with van der Waals surface area (Å²) in [5, 5.41) is 10.5. The number of carboxylic acid groups (broad SMARTS) is 1. The van der Waals surface area contributed by atoms with Crippen LogP contribution in [-0.4, -0.2) is 51.4 Å². The van der Waals surface area contributed by atoms with Crippen molar-refractivity contribution in [3.05, 3.63) is 60.2 Å². The molecule has 2 amide bonds. The summed E-state index contributed by atoms with van der Waals surface area (Å²) in [6.07, 6.45) is 0.192. The van der Waals surface area contributed by atoms with Gasteiger partial charge in [0.25, 0.3) is 0 Å². The third kappa shape index (κ3) is 5.46. The highest BCUT2D eigenvalue weighted by atomic mass is 32.1. The number of urea groups is 1. The first-order valence-electron chi connectivity index (χ1n) is 12.9. The number of primary amides is 1. The van der Waals surface area contributed by atoms with Crippen LogP contribution in [0.3, 0.4) is 0 Å². The smallest absolute Gasteiger partial charge is 0.493 e. The number of ether oxygens (including phenoxy) is 3. The van der Waals surface area contributed by atoms with E-state index >= 15 is 0 Å². The van der Waals surface area contributed by atoms with Gasteiger partial charge in [0.15, 0.2) is 11.5 Å². The van der Waals surface area contributed by atoms with Crippen LogP contribution in [0.1, 0.15) is 25.3 Å². The molecule has 0 spiro atoms. The van der Waals surface area contributed by atoms with E-state index in [1.807, 2.05) is 37.3 Å². The summed E-state index contributed by atoms with van der Waals surface area (Å²) < 4.78 is 26.8. The molecule has 0 aliphatic rings. The van der Waals surface area contributed by atoms with Crippen LogP contribution in [0, 0.1) is 0 Å².